The Bertz CT molecular complexity index is 605. The third kappa shape index (κ3) is 2.91. The Balaban J connectivity index is 2.29. The molecule has 1 saturated carbocycles. The maximum Gasteiger partial charge on any atom is 0.371 e. The summed E-state index contributed by atoms with van der Waals surface area (Å²) in [6.45, 7) is 2.58. The molecule has 0 aromatic carbocycles. The lowest BCUT2D eigenvalue weighted by atomic mass is 9.85. The molecule has 1 aromatic rings. The predicted molar refractivity (Wildman–Crippen MR) is 75.1 cm³/mol. The van der Waals surface area contributed by atoms with Crippen LogP contribution in [0.25, 0.3) is 0 Å². The topological polar surface area (TPSA) is 87.8 Å². The minimum absolute atomic E-state index is 0.0676. The Morgan fingerprint density at radius 2 is 2.20 bits per heavy atom. The molecule has 1 N–H and O–H groups in total. The number of hydrogen-bond acceptors (Lipinski definition) is 4. The van der Waals surface area contributed by atoms with Gasteiger partial charge in [0.25, 0.3) is 0 Å². The van der Waals surface area contributed by atoms with E-state index in [9.17, 15) is 13.2 Å². The molecule has 0 unspecified atom stereocenters. The molecule has 1 aliphatic carbocycles. The van der Waals surface area contributed by atoms with Gasteiger partial charge in [-0.3, -0.25) is 0 Å². The van der Waals surface area contributed by atoms with Gasteiger partial charge in [-0.2, -0.15) is 4.31 Å². The highest BCUT2D eigenvalue weighted by Crippen LogP contribution is 2.32. The van der Waals surface area contributed by atoms with Gasteiger partial charge in [0.15, 0.2) is 4.67 Å². The molecule has 0 amide bonds. The summed E-state index contributed by atoms with van der Waals surface area (Å²) in [6, 6.07) is 1.05. The summed E-state index contributed by atoms with van der Waals surface area (Å²) < 4.78 is 31.3. The van der Waals surface area contributed by atoms with E-state index in [2.05, 4.69) is 15.9 Å². The van der Waals surface area contributed by atoms with Gasteiger partial charge in [-0.25, -0.2) is 13.2 Å². The lowest BCUT2D eigenvalue weighted by molar-refractivity contribution is 0.0661. The molecule has 2 rings (SSSR count). The van der Waals surface area contributed by atoms with Crippen molar-refractivity contribution in [3.63, 3.8) is 0 Å². The van der Waals surface area contributed by atoms with Gasteiger partial charge in [0, 0.05) is 19.2 Å². The molecule has 0 bridgehead atoms. The van der Waals surface area contributed by atoms with Crippen LogP contribution in [0.2, 0.25) is 0 Å². The zero-order valence-electron chi connectivity index (χ0n) is 11.0. The van der Waals surface area contributed by atoms with E-state index >= 15 is 0 Å². The molecule has 0 radical (unpaired) electrons. The number of nitrogens with zero attached hydrogens (tertiary/aromatic N) is 1. The van der Waals surface area contributed by atoms with Crippen LogP contribution >= 0.6 is 15.9 Å². The van der Waals surface area contributed by atoms with Crippen LogP contribution < -0.4 is 0 Å². The zero-order valence-corrected chi connectivity index (χ0v) is 13.4. The molecule has 0 atom stereocenters. The van der Waals surface area contributed by atoms with Crippen LogP contribution in [0.3, 0.4) is 0 Å². The predicted octanol–water partition coefficient (Wildman–Crippen LogP) is 2.55. The third-order valence-corrected chi connectivity index (χ3v) is 6.32. The van der Waals surface area contributed by atoms with Gasteiger partial charge in [-0.1, -0.05) is 13.3 Å². The van der Waals surface area contributed by atoms with E-state index in [1.165, 1.54) is 4.31 Å². The summed E-state index contributed by atoms with van der Waals surface area (Å²) >= 11 is 2.98. The average molecular weight is 366 g/mol. The molecule has 1 aliphatic rings. The van der Waals surface area contributed by atoms with Crippen LogP contribution in [0.15, 0.2) is 20.0 Å². The lowest BCUT2D eigenvalue weighted by Crippen LogP contribution is -2.37. The van der Waals surface area contributed by atoms with Crippen molar-refractivity contribution >= 4 is 31.9 Å². The van der Waals surface area contributed by atoms with E-state index in [1.54, 1.807) is 6.92 Å². The van der Waals surface area contributed by atoms with E-state index in [1.807, 2.05) is 0 Å². The third-order valence-electron chi connectivity index (χ3n) is 3.52. The van der Waals surface area contributed by atoms with Crippen LogP contribution in [0, 0.1) is 5.92 Å². The summed E-state index contributed by atoms with van der Waals surface area (Å²) in [4.78, 5) is 10.7. The van der Waals surface area contributed by atoms with Crippen molar-refractivity contribution in [3.8, 4) is 0 Å². The molecule has 1 heterocycles. The second kappa shape index (κ2) is 5.87. The lowest BCUT2D eigenvalue weighted by Gasteiger charge is -2.30. The Morgan fingerprint density at radius 1 is 1.55 bits per heavy atom. The van der Waals surface area contributed by atoms with E-state index in [4.69, 9.17) is 9.52 Å². The number of carboxylic acid groups (broad SMARTS) is 1. The molecule has 0 spiro atoms. The second-order valence-corrected chi connectivity index (χ2v) is 7.43. The van der Waals surface area contributed by atoms with Gasteiger partial charge >= 0.3 is 5.97 Å². The fourth-order valence-corrected chi connectivity index (χ4v) is 4.56. The SMILES string of the molecule is CCN(CC1CCC1)S(=O)(=O)c1cc(C(=O)O)oc1Br. The van der Waals surface area contributed by atoms with Crippen molar-refractivity contribution in [2.45, 2.75) is 31.1 Å². The van der Waals surface area contributed by atoms with Crippen LogP contribution in [-0.4, -0.2) is 36.9 Å². The highest BCUT2D eigenvalue weighted by atomic mass is 79.9. The van der Waals surface area contributed by atoms with Crippen molar-refractivity contribution in [2.75, 3.05) is 13.1 Å². The van der Waals surface area contributed by atoms with E-state index in [0.29, 0.717) is 19.0 Å². The second-order valence-electron chi connectivity index (χ2n) is 4.81. The number of carbonyl (C=O) groups is 1. The molecule has 0 saturated heterocycles. The van der Waals surface area contributed by atoms with Crippen molar-refractivity contribution in [1.82, 2.24) is 4.31 Å². The number of carboxylic acids is 1. The summed E-state index contributed by atoms with van der Waals surface area (Å²) in [5.74, 6) is -1.29. The first kappa shape index (κ1) is 15.5. The van der Waals surface area contributed by atoms with Gasteiger partial charge in [-0.05, 0) is 34.7 Å². The average Bonchev–Trinajstić information content (AvgIpc) is 2.70. The fraction of sp³-hybridized carbons (Fsp3) is 0.583. The molecular weight excluding hydrogens is 350 g/mol. The zero-order chi connectivity index (χ0) is 14.9. The number of furan rings is 1. The first-order chi connectivity index (χ1) is 9.36. The minimum atomic E-state index is -3.74. The minimum Gasteiger partial charge on any atom is -0.475 e. The van der Waals surface area contributed by atoms with Gasteiger partial charge < -0.3 is 9.52 Å². The maximum atomic E-state index is 12.5. The van der Waals surface area contributed by atoms with Crippen LogP contribution in [0.1, 0.15) is 36.7 Å². The molecule has 0 aliphatic heterocycles. The summed E-state index contributed by atoms with van der Waals surface area (Å²) in [5, 5.41) is 8.85. The largest absolute Gasteiger partial charge is 0.475 e. The van der Waals surface area contributed by atoms with Crippen molar-refractivity contribution in [2.24, 2.45) is 5.92 Å². The van der Waals surface area contributed by atoms with Crippen LogP contribution in [-0.2, 0) is 10.0 Å². The van der Waals surface area contributed by atoms with Crippen molar-refractivity contribution < 1.29 is 22.7 Å². The van der Waals surface area contributed by atoms with Crippen LogP contribution in [0.4, 0.5) is 0 Å². The fourth-order valence-electron chi connectivity index (χ4n) is 2.13. The molecule has 112 valence electrons. The summed E-state index contributed by atoms with van der Waals surface area (Å²) in [6.07, 6.45) is 3.22. The number of sulfonamides is 1. The monoisotopic (exact) mass is 365 g/mol. The molecule has 20 heavy (non-hydrogen) atoms. The number of hydrogen-bond donors (Lipinski definition) is 1. The number of aromatic carboxylic acids is 1. The Hall–Kier alpha value is -0.860. The standard InChI is InChI=1S/C12H16BrNO5S/c1-2-14(7-8-4-3-5-8)20(17,18)10-6-9(12(15)16)19-11(10)13/h6,8H,2-5,7H2,1H3,(H,15,16). The normalized spacial score (nSPS) is 16.4. The molecule has 8 heteroatoms. The smallest absolute Gasteiger partial charge is 0.371 e. The summed E-state index contributed by atoms with van der Waals surface area (Å²) in [5.41, 5.74) is 0. The number of rotatable bonds is 6. The Morgan fingerprint density at radius 3 is 2.60 bits per heavy atom. The van der Waals surface area contributed by atoms with E-state index < -0.39 is 21.8 Å². The van der Waals surface area contributed by atoms with Gasteiger partial charge in [0.05, 0.1) is 0 Å². The highest BCUT2D eigenvalue weighted by Gasteiger charge is 2.32. The van der Waals surface area contributed by atoms with E-state index in [-0.39, 0.29) is 9.56 Å². The highest BCUT2D eigenvalue weighted by molar-refractivity contribution is 9.10. The van der Waals surface area contributed by atoms with Gasteiger partial charge in [0.2, 0.25) is 15.8 Å². The Kier molecular flexibility index (Phi) is 4.55. The first-order valence-electron chi connectivity index (χ1n) is 6.39. The maximum absolute atomic E-state index is 12.5. The molecule has 6 nitrogen and oxygen atoms in total. The van der Waals surface area contributed by atoms with Gasteiger partial charge in [0.1, 0.15) is 4.90 Å². The van der Waals surface area contributed by atoms with E-state index in [0.717, 1.165) is 25.3 Å². The number of halogens is 1. The van der Waals surface area contributed by atoms with Crippen molar-refractivity contribution in [3.05, 3.63) is 16.5 Å². The molecule has 1 fully saturated rings. The molecule has 1 aromatic heterocycles. The molecular formula is C12H16BrNO5S. The van der Waals surface area contributed by atoms with Crippen molar-refractivity contribution in [1.29, 1.82) is 0 Å². The first-order valence-corrected chi connectivity index (χ1v) is 8.62. The quantitative estimate of drug-likeness (QED) is 0.836. The summed E-state index contributed by atoms with van der Waals surface area (Å²) in [7, 11) is -3.74. The van der Waals surface area contributed by atoms with Gasteiger partial charge in [-0.15, -0.1) is 0 Å². The van der Waals surface area contributed by atoms with Crippen LogP contribution in [0.5, 0.6) is 0 Å². The Labute approximate surface area is 125 Å².